The van der Waals surface area contributed by atoms with Crippen molar-refractivity contribution in [3.63, 3.8) is 0 Å². The van der Waals surface area contributed by atoms with Crippen LogP contribution in [0.1, 0.15) is 38.9 Å². The van der Waals surface area contributed by atoms with Gasteiger partial charge in [0.25, 0.3) is 5.91 Å². The molecule has 0 saturated heterocycles. The number of nitrogens with one attached hydrogen (secondary N) is 2. The Morgan fingerprint density at radius 2 is 1.68 bits per heavy atom. The van der Waals surface area contributed by atoms with E-state index in [-0.39, 0.29) is 5.69 Å². The summed E-state index contributed by atoms with van der Waals surface area (Å²) >= 11 is 0. The van der Waals surface area contributed by atoms with Crippen LogP contribution in [0.2, 0.25) is 0 Å². The molecule has 0 aliphatic heterocycles. The van der Waals surface area contributed by atoms with Crippen LogP contribution in [0, 0.1) is 17.2 Å². The highest BCUT2D eigenvalue weighted by molar-refractivity contribution is 6.16. The van der Waals surface area contributed by atoms with Gasteiger partial charge in [-0.05, 0) is 48.9 Å². The van der Waals surface area contributed by atoms with Gasteiger partial charge in [0.15, 0.2) is 5.92 Å². The third kappa shape index (κ3) is 5.21. The van der Waals surface area contributed by atoms with Crippen LogP contribution >= 0.6 is 0 Å². The number of benzene rings is 3. The van der Waals surface area contributed by atoms with Crippen molar-refractivity contribution < 1.29 is 23.9 Å². The lowest BCUT2D eigenvalue weighted by atomic mass is 9.98. The quantitative estimate of drug-likeness (QED) is 0.171. The third-order valence-corrected chi connectivity index (χ3v) is 6.81. The number of nitriles is 1. The van der Waals surface area contributed by atoms with Gasteiger partial charge in [0.2, 0.25) is 11.7 Å². The van der Waals surface area contributed by atoms with Crippen molar-refractivity contribution in [3.8, 4) is 23.0 Å². The maximum Gasteiger partial charge on any atom is 0.328 e. The minimum atomic E-state index is -1.62. The molecule has 10 heteroatoms. The largest absolute Gasteiger partial charge is 0.467 e. The summed E-state index contributed by atoms with van der Waals surface area (Å²) in [7, 11) is 1.24. The molecule has 1 unspecified atom stereocenters. The number of methoxy groups -OCH3 is 1. The minimum absolute atomic E-state index is 0.0140. The first-order chi connectivity index (χ1) is 19.8. The Kier molecular flexibility index (Phi) is 7.43. The number of carbonyl (C=O) groups is 4. The van der Waals surface area contributed by atoms with E-state index < -0.39 is 35.5 Å². The van der Waals surface area contributed by atoms with E-state index >= 15 is 0 Å². The zero-order chi connectivity index (χ0) is 29.1. The van der Waals surface area contributed by atoms with Crippen molar-refractivity contribution in [2.45, 2.75) is 19.4 Å². The summed E-state index contributed by atoms with van der Waals surface area (Å²) in [6, 6.07) is 23.8. The number of ether oxygens (including phenoxy) is 1. The zero-order valence-electron chi connectivity index (χ0n) is 22.3. The molecule has 0 radical (unpaired) electrons. The van der Waals surface area contributed by atoms with E-state index in [4.69, 9.17) is 0 Å². The fourth-order valence-corrected chi connectivity index (χ4v) is 4.76. The Labute approximate surface area is 235 Å². The molecule has 41 heavy (non-hydrogen) atoms. The van der Waals surface area contributed by atoms with E-state index in [2.05, 4.69) is 20.5 Å². The summed E-state index contributed by atoms with van der Waals surface area (Å²) in [5.74, 6) is -4.13. The molecule has 0 bridgehead atoms. The molecule has 1 aromatic heterocycles. The molecule has 4 aromatic rings. The van der Waals surface area contributed by atoms with Gasteiger partial charge in [-0.15, -0.1) is 0 Å². The van der Waals surface area contributed by atoms with Gasteiger partial charge in [0, 0.05) is 28.8 Å². The van der Waals surface area contributed by atoms with Crippen LogP contribution < -0.4 is 10.6 Å². The topological polar surface area (TPSA) is 143 Å². The molecule has 1 heterocycles. The second-order valence-electron chi connectivity index (χ2n) is 9.47. The molecule has 3 aromatic carbocycles. The van der Waals surface area contributed by atoms with Crippen molar-refractivity contribution in [1.29, 1.82) is 5.26 Å². The van der Waals surface area contributed by atoms with Gasteiger partial charge in [0.1, 0.15) is 11.7 Å². The number of Topliss-reactive ketones (excluding diaryl/α,β-unsaturated/α-hetero) is 1. The third-order valence-electron chi connectivity index (χ3n) is 6.81. The maximum atomic E-state index is 13.7. The van der Waals surface area contributed by atoms with Crippen LogP contribution in [0.4, 0.5) is 5.69 Å². The normalized spacial score (nSPS) is 12.7. The van der Waals surface area contributed by atoms with Crippen molar-refractivity contribution >= 4 is 29.3 Å². The van der Waals surface area contributed by atoms with E-state index in [1.807, 2.05) is 36.4 Å². The predicted molar refractivity (Wildman–Crippen MR) is 149 cm³/mol. The lowest BCUT2D eigenvalue weighted by Gasteiger charge is -2.13. The van der Waals surface area contributed by atoms with Crippen molar-refractivity contribution in [1.82, 2.24) is 15.1 Å². The molecule has 0 spiro atoms. The van der Waals surface area contributed by atoms with Crippen LogP contribution in [0.5, 0.6) is 0 Å². The number of esters is 1. The number of aromatic nitrogens is 2. The van der Waals surface area contributed by atoms with Crippen LogP contribution in [0.25, 0.3) is 16.9 Å². The van der Waals surface area contributed by atoms with Gasteiger partial charge < -0.3 is 15.4 Å². The van der Waals surface area contributed by atoms with Crippen LogP contribution in [0.15, 0.2) is 78.9 Å². The number of anilines is 1. The average Bonchev–Trinajstić information content (AvgIpc) is 3.55. The summed E-state index contributed by atoms with van der Waals surface area (Å²) in [5, 5.41) is 19.7. The van der Waals surface area contributed by atoms with E-state index in [1.54, 1.807) is 53.2 Å². The highest BCUT2D eigenvalue weighted by atomic mass is 16.5. The summed E-state index contributed by atoms with van der Waals surface area (Å²) in [6.07, 6.45) is 0.317. The SMILES string of the molecule is COC(=O)[C@H](C)NC(=O)c1ccc2c(c1)-c1c(c(C(=O)C(C#N)C(=O)Nc3ccccc3)nn1-c1ccccc1)C2. The summed E-state index contributed by atoms with van der Waals surface area (Å²) in [4.78, 5) is 51.4. The second kappa shape index (κ2) is 11.3. The number of hydrogen-bond donors (Lipinski definition) is 2. The van der Waals surface area contributed by atoms with E-state index in [1.165, 1.54) is 14.0 Å². The first kappa shape index (κ1) is 27.0. The molecule has 2 amide bonds. The highest BCUT2D eigenvalue weighted by Gasteiger charge is 2.37. The molecule has 0 fully saturated rings. The first-order valence-corrected chi connectivity index (χ1v) is 12.8. The Morgan fingerprint density at radius 1 is 1.00 bits per heavy atom. The van der Waals surface area contributed by atoms with Gasteiger partial charge >= 0.3 is 5.97 Å². The van der Waals surface area contributed by atoms with Gasteiger partial charge in [-0.2, -0.15) is 10.4 Å². The fourth-order valence-electron chi connectivity index (χ4n) is 4.76. The zero-order valence-corrected chi connectivity index (χ0v) is 22.3. The molecule has 2 atom stereocenters. The minimum Gasteiger partial charge on any atom is -0.467 e. The van der Waals surface area contributed by atoms with E-state index in [9.17, 15) is 24.4 Å². The van der Waals surface area contributed by atoms with Crippen molar-refractivity contribution in [2.24, 2.45) is 5.92 Å². The fraction of sp³-hybridized carbons (Fsp3) is 0.161. The Hall–Kier alpha value is -5.56. The lowest BCUT2D eigenvalue weighted by Crippen LogP contribution is -2.39. The van der Waals surface area contributed by atoms with Crippen LogP contribution in [0.3, 0.4) is 0 Å². The van der Waals surface area contributed by atoms with Crippen LogP contribution in [-0.2, 0) is 20.7 Å². The number of amides is 2. The van der Waals surface area contributed by atoms with Crippen molar-refractivity contribution in [2.75, 3.05) is 12.4 Å². The van der Waals surface area contributed by atoms with Crippen molar-refractivity contribution in [3.05, 3.63) is 101 Å². The number of carbonyl (C=O) groups excluding carboxylic acids is 4. The predicted octanol–water partition coefficient (Wildman–Crippen LogP) is 3.70. The molecular weight excluding hydrogens is 522 g/mol. The van der Waals surface area contributed by atoms with E-state index in [0.29, 0.717) is 40.2 Å². The molecule has 0 saturated carbocycles. The number of fused-ring (bicyclic) bond motifs is 3. The van der Waals surface area contributed by atoms with Crippen LogP contribution in [-0.4, -0.2) is 46.5 Å². The van der Waals surface area contributed by atoms with Gasteiger partial charge in [-0.1, -0.05) is 42.5 Å². The number of ketones is 1. The summed E-state index contributed by atoms with van der Waals surface area (Å²) in [6.45, 7) is 1.52. The standard InChI is InChI=1S/C31H25N5O5/c1-18(31(40)41-2)33-29(38)20-14-13-19-15-24-26(28(37)25(17-32)30(39)34-21-9-5-3-6-10-21)35-36(27(24)23(19)16-20)22-11-7-4-8-12-22/h3-14,16,18,25H,15H2,1-2H3,(H,33,38)(H,34,39)/t18-,25?/m0/s1. The number of nitrogens with zero attached hydrogens (tertiary/aromatic N) is 3. The molecule has 5 rings (SSSR count). The molecular formula is C31H25N5O5. The lowest BCUT2D eigenvalue weighted by molar-refractivity contribution is -0.142. The first-order valence-electron chi connectivity index (χ1n) is 12.8. The molecule has 1 aliphatic carbocycles. The van der Waals surface area contributed by atoms with Gasteiger partial charge in [-0.25, -0.2) is 9.48 Å². The number of para-hydroxylation sites is 2. The van der Waals surface area contributed by atoms with Gasteiger partial charge in [-0.3, -0.25) is 14.4 Å². The Bertz CT molecular complexity index is 1710. The van der Waals surface area contributed by atoms with Gasteiger partial charge in [0.05, 0.1) is 24.6 Å². The second-order valence-corrected chi connectivity index (χ2v) is 9.47. The summed E-state index contributed by atoms with van der Waals surface area (Å²) in [5.41, 5.74) is 4.11. The molecule has 204 valence electrons. The smallest absolute Gasteiger partial charge is 0.328 e. The molecule has 2 N–H and O–H groups in total. The van der Waals surface area contributed by atoms with E-state index in [0.717, 1.165) is 5.56 Å². The maximum absolute atomic E-state index is 13.7. The monoisotopic (exact) mass is 547 g/mol. The Balaban J connectivity index is 1.54. The summed E-state index contributed by atoms with van der Waals surface area (Å²) < 4.78 is 6.28. The Morgan fingerprint density at radius 3 is 2.34 bits per heavy atom. The molecule has 1 aliphatic rings. The average molecular weight is 548 g/mol. The highest BCUT2D eigenvalue weighted by Crippen LogP contribution is 2.41. The number of rotatable bonds is 8. The molecule has 10 nitrogen and oxygen atoms in total. The number of hydrogen-bond acceptors (Lipinski definition) is 7.